The van der Waals surface area contributed by atoms with Crippen LogP contribution in [0.3, 0.4) is 0 Å². The van der Waals surface area contributed by atoms with Crippen LogP contribution in [0.5, 0.6) is 0 Å². The molecule has 0 atom stereocenters. The Bertz CT molecular complexity index is 1530. The number of nitrogens with zero attached hydrogens (tertiary/aromatic N) is 3. The van der Waals surface area contributed by atoms with Gasteiger partial charge >= 0.3 is 0 Å². The van der Waals surface area contributed by atoms with E-state index < -0.39 is 0 Å². The van der Waals surface area contributed by atoms with Gasteiger partial charge in [-0.05, 0) is 49.1 Å². The Morgan fingerprint density at radius 3 is 2.68 bits per heavy atom. The summed E-state index contributed by atoms with van der Waals surface area (Å²) in [5.74, 6) is -0.333. The maximum absolute atomic E-state index is 13.5. The summed E-state index contributed by atoms with van der Waals surface area (Å²) in [6, 6.07) is 12.7. The third-order valence-corrected chi connectivity index (χ3v) is 6.97. The lowest BCUT2D eigenvalue weighted by Gasteiger charge is -2.23. The van der Waals surface area contributed by atoms with Crippen LogP contribution in [0.25, 0.3) is 16.7 Å². The van der Waals surface area contributed by atoms with E-state index in [4.69, 9.17) is 22.0 Å². The van der Waals surface area contributed by atoms with Crippen molar-refractivity contribution in [2.45, 2.75) is 51.6 Å². The van der Waals surface area contributed by atoms with Crippen molar-refractivity contribution in [2.75, 3.05) is 0 Å². The number of fused-ring (bicyclic) bond motifs is 2. The molecule has 174 valence electrons. The number of hydrogen-bond acceptors (Lipinski definition) is 4. The topological polar surface area (TPSA) is 92.3 Å². The fourth-order valence-corrected chi connectivity index (χ4v) is 4.93. The van der Waals surface area contributed by atoms with Gasteiger partial charge in [0.2, 0.25) is 0 Å². The molecule has 0 bridgehead atoms. The van der Waals surface area contributed by atoms with Crippen molar-refractivity contribution < 1.29 is 4.79 Å². The Hall–Kier alpha value is -3.45. The van der Waals surface area contributed by atoms with Gasteiger partial charge in [0, 0.05) is 17.3 Å². The molecule has 1 aliphatic carbocycles. The first kappa shape index (κ1) is 22.3. The lowest BCUT2D eigenvalue weighted by atomic mass is 9.95. The molecule has 7 nitrogen and oxygen atoms in total. The molecule has 1 aromatic carbocycles. The average Bonchev–Trinajstić information content (AvgIpc) is 2.83. The van der Waals surface area contributed by atoms with E-state index in [9.17, 15) is 9.59 Å². The third kappa shape index (κ3) is 4.01. The number of hydrogen-bond donors (Lipinski definition) is 2. The fourth-order valence-electron chi connectivity index (χ4n) is 4.73. The smallest absolute Gasteiger partial charge is 0.267 e. The van der Waals surface area contributed by atoms with Crippen LogP contribution in [-0.2, 0) is 6.54 Å². The summed E-state index contributed by atoms with van der Waals surface area (Å²) in [5, 5.41) is 12.9. The van der Waals surface area contributed by atoms with Crippen LogP contribution in [0.2, 0.25) is 5.02 Å². The number of aryl methyl sites for hydroxylation is 1. The highest BCUT2D eigenvalue weighted by atomic mass is 35.5. The quantitative estimate of drug-likeness (QED) is 0.433. The summed E-state index contributed by atoms with van der Waals surface area (Å²) >= 11 is 6.42. The van der Waals surface area contributed by atoms with Gasteiger partial charge in [0.05, 0.1) is 17.5 Å². The molecule has 0 spiro atoms. The molecule has 5 rings (SSSR count). The summed E-state index contributed by atoms with van der Waals surface area (Å²) in [6.45, 7) is 2.10. The first-order valence-electron chi connectivity index (χ1n) is 11.6. The molecule has 2 N–H and O–H groups in total. The second-order valence-corrected chi connectivity index (χ2v) is 9.34. The Kier molecular flexibility index (Phi) is 5.96. The first-order valence-corrected chi connectivity index (χ1v) is 12.0. The van der Waals surface area contributed by atoms with Crippen molar-refractivity contribution in [1.82, 2.24) is 19.3 Å². The number of carbonyl (C=O) groups excluding carboxylic acids is 1. The van der Waals surface area contributed by atoms with Gasteiger partial charge in [-0.3, -0.25) is 19.4 Å². The molecular weight excluding hydrogens is 450 g/mol. The van der Waals surface area contributed by atoms with E-state index in [-0.39, 0.29) is 35.1 Å². The van der Waals surface area contributed by atoms with E-state index in [1.165, 1.54) is 16.9 Å². The molecule has 1 amide bonds. The zero-order valence-electron chi connectivity index (χ0n) is 19.0. The molecule has 1 saturated carbocycles. The monoisotopic (exact) mass is 475 g/mol. The molecule has 0 saturated heterocycles. The van der Waals surface area contributed by atoms with E-state index in [0.717, 1.165) is 36.8 Å². The number of aromatic nitrogens is 3. The van der Waals surface area contributed by atoms with Crippen LogP contribution in [0.4, 0.5) is 0 Å². The standard InChI is InChI=1S/C26H26ClN5O2/c1-16-8-7-13-31-23(16)30-24-20(26(31)34)14-19(25(33)29-18-10-3-2-4-11-18)22(28)32(24)15-17-9-5-6-12-21(17)27/h5-9,12-14,18,28H,2-4,10-11,15H2,1H3,(H,29,33). The van der Waals surface area contributed by atoms with Gasteiger partial charge in [0.25, 0.3) is 11.5 Å². The average molecular weight is 476 g/mol. The van der Waals surface area contributed by atoms with Gasteiger partial charge in [-0.25, -0.2) is 4.98 Å². The highest BCUT2D eigenvalue weighted by molar-refractivity contribution is 6.31. The van der Waals surface area contributed by atoms with E-state index >= 15 is 0 Å². The van der Waals surface area contributed by atoms with Crippen LogP contribution in [0.1, 0.15) is 53.6 Å². The number of nitrogens with one attached hydrogen (secondary N) is 2. The van der Waals surface area contributed by atoms with Gasteiger partial charge in [0.1, 0.15) is 16.8 Å². The van der Waals surface area contributed by atoms with E-state index in [0.29, 0.717) is 21.7 Å². The van der Waals surface area contributed by atoms with Crippen LogP contribution in [0, 0.1) is 12.3 Å². The minimum atomic E-state index is -0.333. The van der Waals surface area contributed by atoms with E-state index in [1.807, 2.05) is 31.2 Å². The summed E-state index contributed by atoms with van der Waals surface area (Å²) in [4.78, 5) is 31.5. The van der Waals surface area contributed by atoms with Crippen LogP contribution < -0.4 is 16.4 Å². The Balaban J connectivity index is 1.74. The highest BCUT2D eigenvalue weighted by Gasteiger charge is 2.21. The molecule has 1 fully saturated rings. The van der Waals surface area contributed by atoms with Crippen molar-refractivity contribution in [3.63, 3.8) is 0 Å². The molecule has 3 aromatic heterocycles. The summed E-state index contributed by atoms with van der Waals surface area (Å²) < 4.78 is 3.10. The predicted molar refractivity (Wildman–Crippen MR) is 132 cm³/mol. The third-order valence-electron chi connectivity index (χ3n) is 6.60. The maximum atomic E-state index is 13.5. The van der Waals surface area contributed by atoms with Crippen LogP contribution in [-0.4, -0.2) is 25.9 Å². The van der Waals surface area contributed by atoms with Crippen molar-refractivity contribution in [3.8, 4) is 0 Å². The minimum Gasteiger partial charge on any atom is -0.349 e. The second-order valence-electron chi connectivity index (χ2n) is 8.93. The Labute approximate surface area is 201 Å². The van der Waals surface area contributed by atoms with Crippen molar-refractivity contribution in [3.05, 3.63) is 86.2 Å². The van der Waals surface area contributed by atoms with Crippen LogP contribution in [0.15, 0.2) is 53.5 Å². The van der Waals surface area contributed by atoms with Gasteiger partial charge in [-0.2, -0.15) is 0 Å². The zero-order valence-corrected chi connectivity index (χ0v) is 19.7. The Morgan fingerprint density at radius 2 is 1.91 bits per heavy atom. The fraction of sp³-hybridized carbons (Fsp3) is 0.308. The predicted octanol–water partition coefficient (Wildman–Crippen LogP) is 4.20. The molecule has 0 radical (unpaired) electrons. The molecular formula is C26H26ClN5O2. The largest absolute Gasteiger partial charge is 0.349 e. The minimum absolute atomic E-state index is 0.00515. The van der Waals surface area contributed by atoms with E-state index in [1.54, 1.807) is 22.9 Å². The normalized spacial score (nSPS) is 14.5. The molecule has 0 unspecified atom stereocenters. The summed E-state index contributed by atoms with van der Waals surface area (Å²) in [6.07, 6.45) is 6.88. The lowest BCUT2D eigenvalue weighted by molar-refractivity contribution is 0.0925. The zero-order chi connectivity index (χ0) is 23.8. The Morgan fingerprint density at radius 1 is 1.15 bits per heavy atom. The van der Waals surface area contributed by atoms with Crippen LogP contribution >= 0.6 is 11.6 Å². The van der Waals surface area contributed by atoms with Gasteiger partial charge in [-0.1, -0.05) is 55.1 Å². The highest BCUT2D eigenvalue weighted by Crippen LogP contribution is 2.20. The number of benzene rings is 1. The number of carbonyl (C=O) groups is 1. The van der Waals surface area contributed by atoms with Crippen molar-refractivity contribution in [1.29, 1.82) is 5.41 Å². The van der Waals surface area contributed by atoms with Gasteiger partial charge < -0.3 is 9.88 Å². The van der Waals surface area contributed by atoms with Crippen molar-refractivity contribution in [2.24, 2.45) is 0 Å². The molecule has 3 heterocycles. The van der Waals surface area contributed by atoms with E-state index in [2.05, 4.69) is 5.32 Å². The number of amides is 1. The maximum Gasteiger partial charge on any atom is 0.267 e. The molecule has 1 aliphatic rings. The first-order chi connectivity index (χ1) is 16.4. The number of pyridine rings is 2. The molecule has 34 heavy (non-hydrogen) atoms. The molecule has 0 aliphatic heterocycles. The number of halogens is 1. The van der Waals surface area contributed by atoms with Gasteiger partial charge in [-0.15, -0.1) is 0 Å². The SMILES string of the molecule is Cc1cccn2c(=O)c3cc(C(=O)NC4CCCCC4)c(=N)n(Cc4ccccc4Cl)c3nc12. The lowest BCUT2D eigenvalue weighted by Crippen LogP contribution is -2.40. The van der Waals surface area contributed by atoms with Crippen molar-refractivity contribution >= 4 is 34.2 Å². The molecule has 4 aromatic rings. The summed E-state index contributed by atoms with van der Waals surface area (Å²) in [7, 11) is 0. The molecule has 8 heteroatoms. The second kappa shape index (κ2) is 9.06. The number of rotatable bonds is 4. The van der Waals surface area contributed by atoms with Gasteiger partial charge in [0.15, 0.2) is 0 Å². The summed E-state index contributed by atoms with van der Waals surface area (Å²) in [5.41, 5.74) is 2.40.